The molecule has 2 N–H and O–H groups in total. The van der Waals surface area contributed by atoms with Gasteiger partial charge >= 0.3 is 0 Å². The van der Waals surface area contributed by atoms with Crippen LogP contribution in [-0.4, -0.2) is 24.0 Å². The average Bonchev–Trinajstić information content (AvgIpc) is 2.16. The van der Waals surface area contributed by atoms with Crippen molar-refractivity contribution in [3.63, 3.8) is 0 Å². The summed E-state index contributed by atoms with van der Waals surface area (Å²) in [4.78, 5) is 0. The summed E-state index contributed by atoms with van der Waals surface area (Å²) in [5, 5.41) is -0.444. The molecule has 0 heterocycles. The van der Waals surface area contributed by atoms with Crippen LogP contribution in [0.5, 0.6) is 0 Å². The van der Waals surface area contributed by atoms with Crippen LogP contribution in [0, 0.1) is 0 Å². The van der Waals surface area contributed by atoms with Crippen molar-refractivity contribution in [2.75, 3.05) is 0 Å². The monoisotopic (exact) mass is 247 g/mol. The fraction of sp³-hybridized carbons (Fsp3) is 1.00. The first-order valence-electron chi connectivity index (χ1n) is 6.13. The minimum Gasteiger partial charge on any atom is -0.324 e. The maximum absolute atomic E-state index is 12.4. The molecule has 0 unspecified atom stereocenters. The molecule has 0 radical (unpaired) electrons. The Balaban J connectivity index is 2.97. The lowest BCUT2D eigenvalue weighted by Gasteiger charge is -2.40. The summed E-state index contributed by atoms with van der Waals surface area (Å²) in [7, 11) is -3.16. The number of sulfone groups is 1. The van der Waals surface area contributed by atoms with Crippen LogP contribution in [0.2, 0.25) is 0 Å². The first-order valence-corrected chi connectivity index (χ1v) is 7.68. The molecule has 1 rings (SSSR count). The van der Waals surface area contributed by atoms with Crippen molar-refractivity contribution >= 4 is 9.84 Å². The van der Waals surface area contributed by atoms with Crippen LogP contribution in [0.1, 0.15) is 59.8 Å². The van der Waals surface area contributed by atoms with E-state index in [1.165, 1.54) is 6.42 Å². The van der Waals surface area contributed by atoms with E-state index in [-0.39, 0.29) is 0 Å². The third-order valence-corrected chi connectivity index (χ3v) is 7.02. The first kappa shape index (κ1) is 14.0. The van der Waals surface area contributed by atoms with Gasteiger partial charge in [-0.2, -0.15) is 0 Å². The van der Waals surface area contributed by atoms with Gasteiger partial charge in [-0.1, -0.05) is 19.3 Å². The largest absolute Gasteiger partial charge is 0.324 e. The summed E-state index contributed by atoms with van der Waals surface area (Å²) in [6.45, 7) is 7.05. The molecule has 3 nitrogen and oxygen atoms in total. The van der Waals surface area contributed by atoms with Gasteiger partial charge in [-0.15, -0.1) is 0 Å². The summed E-state index contributed by atoms with van der Waals surface area (Å²) in [6.07, 6.45) is 4.97. The maximum atomic E-state index is 12.4. The third kappa shape index (κ3) is 2.43. The van der Waals surface area contributed by atoms with Crippen LogP contribution in [-0.2, 0) is 9.84 Å². The molecule has 0 aromatic rings. The number of hydrogen-bond donors (Lipinski definition) is 1. The van der Waals surface area contributed by atoms with Crippen molar-refractivity contribution in [3.8, 4) is 0 Å². The van der Waals surface area contributed by atoms with Gasteiger partial charge in [0.05, 0.1) is 10.00 Å². The summed E-state index contributed by atoms with van der Waals surface area (Å²) in [6, 6.07) is 0. The van der Waals surface area contributed by atoms with E-state index < -0.39 is 25.4 Å². The molecule has 1 atom stereocenters. The highest BCUT2D eigenvalue weighted by atomic mass is 32.2. The van der Waals surface area contributed by atoms with Crippen LogP contribution in [0.15, 0.2) is 0 Å². The Morgan fingerprint density at radius 2 is 1.56 bits per heavy atom. The molecule has 0 aromatic heterocycles. The average molecular weight is 247 g/mol. The lowest BCUT2D eigenvalue weighted by molar-refractivity contribution is 0.286. The summed E-state index contributed by atoms with van der Waals surface area (Å²) in [5.41, 5.74) is 5.80. The van der Waals surface area contributed by atoms with Crippen LogP contribution >= 0.6 is 0 Å². The standard InChI is InChI=1S/C12H25NO2S/c1-10(16(14,15)11(2,3)4)12(13)8-6-5-7-9-12/h10H,5-9,13H2,1-4H3/t10-/m0/s1. The summed E-state index contributed by atoms with van der Waals surface area (Å²) < 4.78 is 24.0. The van der Waals surface area contributed by atoms with Gasteiger partial charge in [0.2, 0.25) is 0 Å². The first-order chi connectivity index (χ1) is 7.11. The van der Waals surface area contributed by atoms with E-state index in [1.807, 2.05) is 0 Å². The fourth-order valence-corrected chi connectivity index (χ4v) is 4.37. The van der Waals surface area contributed by atoms with Crippen molar-refractivity contribution in [1.82, 2.24) is 0 Å². The number of hydrogen-bond acceptors (Lipinski definition) is 3. The molecule has 16 heavy (non-hydrogen) atoms. The second-order valence-corrected chi connectivity index (χ2v) is 9.12. The zero-order valence-corrected chi connectivity index (χ0v) is 11.7. The molecule has 4 heteroatoms. The van der Waals surface area contributed by atoms with Crippen molar-refractivity contribution < 1.29 is 8.42 Å². The Hall–Kier alpha value is -0.0900. The third-order valence-electron chi connectivity index (χ3n) is 3.91. The molecule has 1 aliphatic carbocycles. The van der Waals surface area contributed by atoms with Gasteiger partial charge in [0.1, 0.15) is 0 Å². The molecule has 1 saturated carbocycles. The second kappa shape index (κ2) is 4.30. The molecular weight excluding hydrogens is 222 g/mol. The molecule has 0 aliphatic heterocycles. The Kier molecular flexibility index (Phi) is 3.75. The zero-order chi connectivity index (χ0) is 12.6. The van der Waals surface area contributed by atoms with Gasteiger partial charge in [0, 0.05) is 5.54 Å². The molecule has 1 aliphatic rings. The minimum atomic E-state index is -3.16. The van der Waals surface area contributed by atoms with Crippen LogP contribution in [0.25, 0.3) is 0 Å². The molecule has 0 aromatic carbocycles. The van der Waals surface area contributed by atoms with Crippen molar-refractivity contribution in [2.45, 2.75) is 75.3 Å². The Labute approximate surface area is 99.7 Å². The lowest BCUT2D eigenvalue weighted by atomic mass is 9.80. The summed E-state index contributed by atoms with van der Waals surface area (Å²) in [5.74, 6) is 0. The number of nitrogens with two attached hydrogens (primary N) is 1. The van der Waals surface area contributed by atoms with Gasteiger partial charge in [-0.05, 0) is 40.5 Å². The highest BCUT2D eigenvalue weighted by Gasteiger charge is 2.45. The molecule has 1 fully saturated rings. The van der Waals surface area contributed by atoms with E-state index in [1.54, 1.807) is 27.7 Å². The SMILES string of the molecule is C[C@@H](C1(N)CCCCC1)S(=O)(=O)C(C)(C)C. The van der Waals surface area contributed by atoms with Crippen LogP contribution < -0.4 is 5.73 Å². The lowest BCUT2D eigenvalue weighted by Crippen LogP contribution is -2.57. The van der Waals surface area contributed by atoms with Crippen LogP contribution in [0.4, 0.5) is 0 Å². The van der Waals surface area contributed by atoms with Gasteiger partial charge in [0.25, 0.3) is 0 Å². The quantitative estimate of drug-likeness (QED) is 0.814. The smallest absolute Gasteiger partial charge is 0.159 e. The highest BCUT2D eigenvalue weighted by molar-refractivity contribution is 7.93. The fourth-order valence-electron chi connectivity index (χ4n) is 2.46. The van der Waals surface area contributed by atoms with Gasteiger partial charge < -0.3 is 5.73 Å². The summed E-state index contributed by atoms with van der Waals surface area (Å²) >= 11 is 0. The second-order valence-electron chi connectivity index (χ2n) is 6.09. The van der Waals surface area contributed by atoms with E-state index in [2.05, 4.69) is 0 Å². The normalized spacial score (nSPS) is 24.1. The number of rotatable bonds is 2. The van der Waals surface area contributed by atoms with Crippen LogP contribution in [0.3, 0.4) is 0 Å². The molecule has 0 amide bonds. The van der Waals surface area contributed by atoms with E-state index in [4.69, 9.17) is 5.73 Å². The predicted octanol–water partition coefficient (Wildman–Crippen LogP) is 2.25. The van der Waals surface area contributed by atoms with Gasteiger partial charge in [-0.3, -0.25) is 0 Å². The topological polar surface area (TPSA) is 60.2 Å². The van der Waals surface area contributed by atoms with Crippen molar-refractivity contribution in [3.05, 3.63) is 0 Å². The molecule has 0 bridgehead atoms. The maximum Gasteiger partial charge on any atom is 0.159 e. The minimum absolute atomic E-state index is 0.444. The van der Waals surface area contributed by atoms with Crippen molar-refractivity contribution in [1.29, 1.82) is 0 Å². The van der Waals surface area contributed by atoms with E-state index in [0.29, 0.717) is 0 Å². The van der Waals surface area contributed by atoms with E-state index in [0.717, 1.165) is 25.7 Å². The highest BCUT2D eigenvalue weighted by Crippen LogP contribution is 2.35. The van der Waals surface area contributed by atoms with E-state index >= 15 is 0 Å². The van der Waals surface area contributed by atoms with Crippen molar-refractivity contribution in [2.24, 2.45) is 5.73 Å². The van der Waals surface area contributed by atoms with Gasteiger partial charge in [0.15, 0.2) is 9.84 Å². The zero-order valence-electron chi connectivity index (χ0n) is 10.9. The molecule has 0 saturated heterocycles. The Bertz CT molecular complexity index is 335. The van der Waals surface area contributed by atoms with Gasteiger partial charge in [-0.25, -0.2) is 8.42 Å². The predicted molar refractivity (Wildman–Crippen MR) is 68.1 cm³/mol. The molecule has 96 valence electrons. The molecule has 0 spiro atoms. The Morgan fingerprint density at radius 3 is 1.94 bits per heavy atom. The van der Waals surface area contributed by atoms with E-state index in [9.17, 15) is 8.42 Å². The Morgan fingerprint density at radius 1 is 1.12 bits per heavy atom. The molecular formula is C12H25NO2S.